The van der Waals surface area contributed by atoms with E-state index < -0.39 is 0 Å². The average molecular weight is 288 g/mol. The molecule has 2 atom stereocenters. The van der Waals surface area contributed by atoms with Crippen LogP contribution in [0.2, 0.25) is 10.3 Å². The summed E-state index contributed by atoms with van der Waals surface area (Å²) in [6, 6.07) is 1.79. The van der Waals surface area contributed by atoms with Crippen molar-refractivity contribution in [2.75, 3.05) is 6.54 Å². The van der Waals surface area contributed by atoms with Crippen LogP contribution in [0.25, 0.3) is 0 Å². The molecule has 0 spiro atoms. The number of likely N-dealkylation sites (tertiary alicyclic amines) is 1. The average Bonchev–Trinajstić information content (AvgIpc) is 2.27. The van der Waals surface area contributed by atoms with Gasteiger partial charge in [-0.1, -0.05) is 23.2 Å². The van der Waals surface area contributed by atoms with Crippen molar-refractivity contribution in [3.8, 4) is 0 Å². The number of nitrogens with zero attached hydrogens (tertiary/aromatic N) is 3. The van der Waals surface area contributed by atoms with Crippen molar-refractivity contribution in [2.45, 2.75) is 38.6 Å². The van der Waals surface area contributed by atoms with Gasteiger partial charge < -0.3 is 4.90 Å². The Morgan fingerprint density at radius 1 is 1.33 bits per heavy atom. The summed E-state index contributed by atoms with van der Waals surface area (Å²) in [5, 5.41) is 0.691. The molecule has 18 heavy (non-hydrogen) atoms. The summed E-state index contributed by atoms with van der Waals surface area (Å²) in [4.78, 5) is 21.8. The first-order valence-corrected chi connectivity index (χ1v) is 6.70. The fraction of sp³-hybridized carbons (Fsp3) is 0.583. The van der Waals surface area contributed by atoms with Crippen LogP contribution >= 0.6 is 23.2 Å². The van der Waals surface area contributed by atoms with Gasteiger partial charge in [0, 0.05) is 31.5 Å². The van der Waals surface area contributed by atoms with Gasteiger partial charge in [-0.15, -0.1) is 0 Å². The molecule has 2 unspecified atom stereocenters. The van der Waals surface area contributed by atoms with Gasteiger partial charge in [0.15, 0.2) is 0 Å². The number of piperidine rings is 1. The van der Waals surface area contributed by atoms with Crippen molar-refractivity contribution in [1.82, 2.24) is 14.9 Å². The molecule has 1 fully saturated rings. The number of halogens is 2. The molecule has 2 rings (SSSR count). The monoisotopic (exact) mass is 287 g/mol. The van der Waals surface area contributed by atoms with Gasteiger partial charge in [-0.25, -0.2) is 9.97 Å². The summed E-state index contributed by atoms with van der Waals surface area (Å²) in [6.45, 7) is 4.28. The predicted molar refractivity (Wildman–Crippen MR) is 70.9 cm³/mol. The van der Waals surface area contributed by atoms with Gasteiger partial charge in [0.2, 0.25) is 5.91 Å². The molecule has 98 valence electrons. The summed E-state index contributed by atoms with van der Waals surface area (Å²) in [5.41, 5.74) is 0. The highest BCUT2D eigenvalue weighted by Gasteiger charge is 2.29. The lowest BCUT2D eigenvalue weighted by Gasteiger charge is -2.36. The lowest BCUT2D eigenvalue weighted by molar-refractivity contribution is -0.132. The van der Waals surface area contributed by atoms with Crippen molar-refractivity contribution < 1.29 is 4.79 Å². The zero-order valence-electron chi connectivity index (χ0n) is 10.4. The summed E-state index contributed by atoms with van der Waals surface area (Å²) in [5.74, 6) is 0.826. The molecule has 1 aliphatic heterocycles. The van der Waals surface area contributed by atoms with Crippen LogP contribution in [0.15, 0.2) is 6.07 Å². The smallest absolute Gasteiger partial charge is 0.219 e. The van der Waals surface area contributed by atoms with E-state index in [1.807, 2.05) is 4.90 Å². The van der Waals surface area contributed by atoms with Crippen LogP contribution in [-0.2, 0) is 4.79 Å². The lowest BCUT2D eigenvalue weighted by atomic mass is 9.92. The molecule has 1 saturated heterocycles. The molecule has 2 heterocycles. The van der Waals surface area contributed by atoms with Crippen LogP contribution in [0.1, 0.15) is 38.4 Å². The Morgan fingerprint density at radius 2 is 1.94 bits per heavy atom. The molecule has 1 aromatic heterocycles. The first-order chi connectivity index (χ1) is 8.47. The van der Waals surface area contributed by atoms with E-state index in [1.165, 1.54) is 6.07 Å². The maximum atomic E-state index is 11.6. The Kier molecular flexibility index (Phi) is 4.07. The van der Waals surface area contributed by atoms with Gasteiger partial charge in [-0.2, -0.15) is 0 Å². The van der Waals surface area contributed by atoms with Gasteiger partial charge in [-0.05, 0) is 19.8 Å². The molecule has 1 amide bonds. The van der Waals surface area contributed by atoms with Crippen molar-refractivity contribution in [2.24, 2.45) is 0 Å². The third kappa shape index (κ3) is 2.93. The minimum atomic E-state index is 0.0836. The molecule has 4 nitrogen and oxygen atoms in total. The van der Waals surface area contributed by atoms with E-state index in [-0.39, 0.29) is 17.9 Å². The van der Waals surface area contributed by atoms with E-state index in [1.54, 1.807) is 6.92 Å². The Morgan fingerprint density at radius 3 is 2.50 bits per heavy atom. The van der Waals surface area contributed by atoms with E-state index in [9.17, 15) is 4.79 Å². The minimum absolute atomic E-state index is 0.0836. The van der Waals surface area contributed by atoms with Gasteiger partial charge in [0.25, 0.3) is 0 Å². The van der Waals surface area contributed by atoms with Crippen molar-refractivity contribution in [1.29, 1.82) is 0 Å². The number of aromatic nitrogens is 2. The Hall–Kier alpha value is -0.870. The number of amides is 1. The molecule has 0 radical (unpaired) electrons. The van der Waals surface area contributed by atoms with Gasteiger partial charge in [0.1, 0.15) is 16.1 Å². The zero-order valence-corrected chi connectivity index (χ0v) is 11.9. The third-order valence-corrected chi connectivity index (χ3v) is 3.72. The molecule has 1 aromatic rings. The van der Waals surface area contributed by atoms with Crippen LogP contribution in [0, 0.1) is 0 Å². The molecule has 1 aliphatic rings. The van der Waals surface area contributed by atoms with Crippen molar-refractivity contribution in [3.63, 3.8) is 0 Å². The summed E-state index contributed by atoms with van der Waals surface area (Å²) in [7, 11) is 0. The number of rotatable bonds is 1. The van der Waals surface area contributed by atoms with Crippen LogP contribution in [0.3, 0.4) is 0 Å². The molecule has 6 heteroatoms. The fourth-order valence-corrected chi connectivity index (χ4v) is 2.78. The molecular weight excluding hydrogens is 273 g/mol. The molecule has 0 bridgehead atoms. The topological polar surface area (TPSA) is 46.1 Å². The predicted octanol–water partition coefficient (Wildman–Crippen LogP) is 2.90. The summed E-state index contributed by atoms with van der Waals surface area (Å²) < 4.78 is 0. The molecule has 0 N–H and O–H groups in total. The highest BCUT2D eigenvalue weighted by molar-refractivity contribution is 6.33. The first-order valence-electron chi connectivity index (χ1n) is 5.94. The largest absolute Gasteiger partial charge is 0.340 e. The standard InChI is InChI=1S/C12H15Cl2N3O/c1-7-3-4-9(6-17(7)8(2)18)12-15-10(13)5-11(14)16-12/h5,7,9H,3-4,6H2,1-2H3. The third-order valence-electron chi connectivity index (χ3n) is 3.33. The van der Waals surface area contributed by atoms with Crippen LogP contribution in [0.5, 0.6) is 0 Å². The molecule has 0 aliphatic carbocycles. The number of carbonyl (C=O) groups is 1. The van der Waals surface area contributed by atoms with E-state index in [2.05, 4.69) is 16.9 Å². The van der Waals surface area contributed by atoms with E-state index in [4.69, 9.17) is 23.2 Å². The van der Waals surface area contributed by atoms with Crippen LogP contribution in [-0.4, -0.2) is 33.4 Å². The van der Waals surface area contributed by atoms with Gasteiger partial charge in [0.05, 0.1) is 0 Å². The Labute approximate surface area is 116 Å². The zero-order chi connectivity index (χ0) is 13.3. The van der Waals surface area contributed by atoms with E-state index >= 15 is 0 Å². The highest BCUT2D eigenvalue weighted by Crippen LogP contribution is 2.29. The first kappa shape index (κ1) is 13.6. The second kappa shape index (κ2) is 5.41. The maximum Gasteiger partial charge on any atom is 0.219 e. The number of carbonyl (C=O) groups excluding carboxylic acids is 1. The summed E-state index contributed by atoms with van der Waals surface area (Å²) in [6.07, 6.45) is 1.89. The van der Waals surface area contributed by atoms with E-state index in [0.717, 1.165) is 12.8 Å². The summed E-state index contributed by atoms with van der Waals surface area (Å²) >= 11 is 11.8. The molecular formula is C12H15Cl2N3O. The van der Waals surface area contributed by atoms with Crippen LogP contribution in [0.4, 0.5) is 0 Å². The van der Waals surface area contributed by atoms with E-state index in [0.29, 0.717) is 22.7 Å². The van der Waals surface area contributed by atoms with Gasteiger partial charge in [-0.3, -0.25) is 4.79 Å². The molecule has 0 saturated carbocycles. The highest BCUT2D eigenvalue weighted by atomic mass is 35.5. The maximum absolute atomic E-state index is 11.6. The number of hydrogen-bond acceptors (Lipinski definition) is 3. The van der Waals surface area contributed by atoms with Crippen LogP contribution < -0.4 is 0 Å². The fourth-order valence-electron chi connectivity index (χ4n) is 2.35. The lowest BCUT2D eigenvalue weighted by Crippen LogP contribution is -2.44. The van der Waals surface area contributed by atoms with Gasteiger partial charge >= 0.3 is 0 Å². The number of hydrogen-bond donors (Lipinski definition) is 0. The normalized spacial score (nSPS) is 24.1. The second-order valence-corrected chi connectivity index (χ2v) is 5.44. The Balaban J connectivity index is 2.21. The SMILES string of the molecule is CC(=O)N1CC(c2nc(Cl)cc(Cl)n2)CCC1C. The van der Waals surface area contributed by atoms with Crippen molar-refractivity contribution >= 4 is 29.1 Å². The second-order valence-electron chi connectivity index (χ2n) is 4.67. The van der Waals surface area contributed by atoms with Crippen molar-refractivity contribution in [3.05, 3.63) is 22.2 Å². The molecule has 0 aromatic carbocycles. The quantitative estimate of drug-likeness (QED) is 0.746. The minimum Gasteiger partial charge on any atom is -0.340 e. The Bertz CT molecular complexity index is 446.